The molecule has 5 aromatic heterocycles. The Labute approximate surface area is 191 Å². The molecule has 0 atom stereocenters. The Bertz CT molecular complexity index is 1520. The summed E-state index contributed by atoms with van der Waals surface area (Å²) in [6.07, 6.45) is 8.82. The molecule has 5 heterocycles. The van der Waals surface area contributed by atoms with Crippen LogP contribution in [0.2, 0.25) is 5.02 Å². The Kier molecular flexibility index (Phi) is 4.57. The maximum atomic E-state index is 14.3. The van der Waals surface area contributed by atoms with Crippen LogP contribution in [0.15, 0.2) is 43.1 Å². The van der Waals surface area contributed by atoms with E-state index in [-0.39, 0.29) is 22.8 Å². The summed E-state index contributed by atoms with van der Waals surface area (Å²) < 4.78 is 19.2. The molecule has 1 aliphatic carbocycles. The van der Waals surface area contributed by atoms with Crippen molar-refractivity contribution < 1.29 is 9.18 Å². The van der Waals surface area contributed by atoms with Crippen LogP contribution in [0.5, 0.6) is 0 Å². The molecule has 12 heteroatoms. The normalized spacial score (nSPS) is 13.8. The molecule has 10 nitrogen and oxygen atoms in total. The molecular formula is C21H17ClFN9O. The fourth-order valence-electron chi connectivity index (χ4n) is 3.73. The van der Waals surface area contributed by atoms with Crippen molar-refractivity contribution in [3.05, 3.63) is 76.7 Å². The van der Waals surface area contributed by atoms with E-state index in [1.54, 1.807) is 10.7 Å². The molecule has 0 unspecified atom stereocenters. The van der Waals surface area contributed by atoms with Gasteiger partial charge in [-0.25, -0.2) is 23.6 Å². The van der Waals surface area contributed by atoms with Gasteiger partial charge in [0.15, 0.2) is 17.2 Å². The van der Waals surface area contributed by atoms with Crippen LogP contribution in [-0.4, -0.2) is 44.9 Å². The molecule has 1 aliphatic rings. The van der Waals surface area contributed by atoms with Crippen LogP contribution in [0.25, 0.3) is 11.2 Å². The minimum absolute atomic E-state index is 0.00979. The number of hydrogen-bond acceptors (Lipinski definition) is 6. The number of nitrogens with zero attached hydrogens (tertiary/aromatic N) is 8. The molecule has 0 radical (unpaired) electrons. The van der Waals surface area contributed by atoms with E-state index in [9.17, 15) is 9.18 Å². The van der Waals surface area contributed by atoms with Gasteiger partial charge in [0.05, 0.1) is 53.9 Å². The first kappa shape index (κ1) is 19.8. The smallest absolute Gasteiger partial charge is 0.273 e. The van der Waals surface area contributed by atoms with Gasteiger partial charge < -0.3 is 9.72 Å². The van der Waals surface area contributed by atoms with E-state index >= 15 is 0 Å². The molecule has 166 valence electrons. The number of rotatable bonds is 6. The SMILES string of the molecule is O=C(NCc1ncn2ccc(Cl)c(F)c12)c1cn(Cc2cn3nc(C4CC4)ccc3n2)nn1. The predicted molar refractivity (Wildman–Crippen MR) is 115 cm³/mol. The Hall–Kier alpha value is -3.86. The second-order valence-corrected chi connectivity index (χ2v) is 8.38. The highest BCUT2D eigenvalue weighted by Gasteiger charge is 2.25. The Morgan fingerprint density at radius 3 is 2.97 bits per heavy atom. The van der Waals surface area contributed by atoms with Gasteiger partial charge in [-0.1, -0.05) is 16.8 Å². The molecule has 0 saturated heterocycles. The standard InChI is InChI=1S/C21H17ClFN9O/c22-14-5-6-30-11-25-16(20(30)19(14)23)7-24-21(33)17-10-31(29-27-17)8-13-9-32-18(26-13)4-3-15(28-32)12-1-2-12/h3-6,9-12H,1-2,7-8H2,(H,24,33). The number of aromatic nitrogens is 8. The van der Waals surface area contributed by atoms with Crippen molar-refractivity contribution in [2.75, 3.05) is 0 Å². The molecule has 1 N–H and O–H groups in total. The summed E-state index contributed by atoms with van der Waals surface area (Å²) in [5.74, 6) is -0.473. The molecule has 1 saturated carbocycles. The van der Waals surface area contributed by atoms with Crippen LogP contribution in [-0.2, 0) is 13.1 Å². The fourth-order valence-corrected chi connectivity index (χ4v) is 3.88. The van der Waals surface area contributed by atoms with Gasteiger partial charge in [0.2, 0.25) is 0 Å². The van der Waals surface area contributed by atoms with E-state index in [1.807, 2.05) is 18.3 Å². The Balaban J connectivity index is 1.14. The van der Waals surface area contributed by atoms with Gasteiger partial charge in [0.1, 0.15) is 5.52 Å². The molecule has 33 heavy (non-hydrogen) atoms. The number of amides is 1. The first-order valence-corrected chi connectivity index (χ1v) is 10.8. The highest BCUT2D eigenvalue weighted by molar-refractivity contribution is 6.31. The molecule has 6 rings (SSSR count). The quantitative estimate of drug-likeness (QED) is 0.413. The van der Waals surface area contributed by atoms with Gasteiger partial charge in [-0.2, -0.15) is 5.10 Å². The lowest BCUT2D eigenvalue weighted by atomic mass is 10.3. The lowest BCUT2D eigenvalue weighted by Gasteiger charge is -2.03. The summed E-state index contributed by atoms with van der Waals surface area (Å²) in [5, 5.41) is 15.3. The summed E-state index contributed by atoms with van der Waals surface area (Å²) in [5.41, 5.74) is 3.31. The lowest BCUT2D eigenvalue weighted by molar-refractivity contribution is 0.0945. The van der Waals surface area contributed by atoms with E-state index < -0.39 is 11.7 Å². The fraction of sp³-hybridized carbons (Fsp3) is 0.238. The zero-order valence-corrected chi connectivity index (χ0v) is 17.9. The number of carbonyl (C=O) groups is 1. The van der Waals surface area contributed by atoms with Crippen LogP contribution >= 0.6 is 11.6 Å². The number of hydrogen-bond donors (Lipinski definition) is 1. The molecular weight excluding hydrogens is 449 g/mol. The maximum Gasteiger partial charge on any atom is 0.273 e. The highest BCUT2D eigenvalue weighted by Crippen LogP contribution is 2.38. The number of imidazole rings is 2. The third kappa shape index (κ3) is 3.69. The molecule has 5 aromatic rings. The number of carbonyl (C=O) groups excluding carboxylic acids is 1. The monoisotopic (exact) mass is 465 g/mol. The average Bonchev–Trinajstić information content (AvgIpc) is 3.23. The van der Waals surface area contributed by atoms with Crippen LogP contribution in [0.1, 0.15) is 46.3 Å². The third-order valence-corrected chi connectivity index (χ3v) is 5.86. The molecule has 0 bridgehead atoms. The van der Waals surface area contributed by atoms with Crippen molar-refractivity contribution in [1.82, 2.24) is 44.3 Å². The van der Waals surface area contributed by atoms with Gasteiger partial charge in [0.25, 0.3) is 5.91 Å². The van der Waals surface area contributed by atoms with Crippen molar-refractivity contribution in [3.63, 3.8) is 0 Å². The predicted octanol–water partition coefficient (Wildman–Crippen LogP) is 2.62. The topological polar surface area (TPSA) is 107 Å². The number of fused-ring (bicyclic) bond motifs is 2. The summed E-state index contributed by atoms with van der Waals surface area (Å²) in [6.45, 7) is 0.360. The van der Waals surface area contributed by atoms with Crippen molar-refractivity contribution in [1.29, 1.82) is 0 Å². The van der Waals surface area contributed by atoms with E-state index in [1.165, 1.54) is 40.5 Å². The van der Waals surface area contributed by atoms with E-state index in [0.717, 1.165) is 17.0 Å². The number of halogens is 2. The van der Waals surface area contributed by atoms with Crippen molar-refractivity contribution >= 4 is 28.7 Å². The molecule has 1 fully saturated rings. The minimum Gasteiger partial charge on any atom is -0.345 e. The van der Waals surface area contributed by atoms with E-state index in [0.29, 0.717) is 18.2 Å². The number of pyridine rings is 1. The number of nitrogens with one attached hydrogen (secondary N) is 1. The van der Waals surface area contributed by atoms with Gasteiger partial charge in [-0.15, -0.1) is 5.10 Å². The summed E-state index contributed by atoms with van der Waals surface area (Å²) in [4.78, 5) is 21.2. The summed E-state index contributed by atoms with van der Waals surface area (Å²) in [6, 6.07) is 5.42. The van der Waals surface area contributed by atoms with Gasteiger partial charge in [-0.3, -0.25) is 4.79 Å². The van der Waals surface area contributed by atoms with Crippen molar-refractivity contribution in [2.24, 2.45) is 0 Å². The molecule has 0 aromatic carbocycles. The first-order chi connectivity index (χ1) is 16.0. The van der Waals surface area contributed by atoms with Crippen molar-refractivity contribution in [2.45, 2.75) is 31.8 Å². The van der Waals surface area contributed by atoms with Gasteiger partial charge >= 0.3 is 0 Å². The van der Waals surface area contributed by atoms with Crippen LogP contribution < -0.4 is 5.32 Å². The lowest BCUT2D eigenvalue weighted by Crippen LogP contribution is -2.23. The second-order valence-electron chi connectivity index (χ2n) is 7.98. The van der Waals surface area contributed by atoms with E-state index in [4.69, 9.17) is 11.6 Å². The molecule has 0 aliphatic heterocycles. The third-order valence-electron chi connectivity index (χ3n) is 5.57. The summed E-state index contributed by atoms with van der Waals surface area (Å²) in [7, 11) is 0. The largest absolute Gasteiger partial charge is 0.345 e. The van der Waals surface area contributed by atoms with Crippen LogP contribution in [0, 0.1) is 5.82 Å². The maximum absolute atomic E-state index is 14.3. The Morgan fingerprint density at radius 2 is 2.12 bits per heavy atom. The van der Waals surface area contributed by atoms with E-state index in [2.05, 4.69) is 30.7 Å². The van der Waals surface area contributed by atoms with Crippen LogP contribution in [0.4, 0.5) is 4.39 Å². The first-order valence-electron chi connectivity index (χ1n) is 10.4. The highest BCUT2D eigenvalue weighted by atomic mass is 35.5. The zero-order chi connectivity index (χ0) is 22.5. The summed E-state index contributed by atoms with van der Waals surface area (Å²) >= 11 is 5.86. The Morgan fingerprint density at radius 1 is 1.24 bits per heavy atom. The van der Waals surface area contributed by atoms with Crippen LogP contribution in [0.3, 0.4) is 0 Å². The average molecular weight is 466 g/mol. The second kappa shape index (κ2) is 7.62. The minimum atomic E-state index is -0.585. The molecule has 1 amide bonds. The van der Waals surface area contributed by atoms with Gasteiger partial charge in [0, 0.05) is 12.1 Å². The zero-order valence-electron chi connectivity index (χ0n) is 17.2. The molecule has 0 spiro atoms. The van der Waals surface area contributed by atoms with Crippen molar-refractivity contribution in [3.8, 4) is 0 Å². The van der Waals surface area contributed by atoms with Gasteiger partial charge in [-0.05, 0) is 31.0 Å².